The first kappa shape index (κ1) is 27.5. The lowest BCUT2D eigenvalue weighted by molar-refractivity contribution is -0.267. The van der Waals surface area contributed by atoms with Crippen molar-refractivity contribution in [2.75, 3.05) is 0 Å². The predicted molar refractivity (Wildman–Crippen MR) is 144 cm³/mol. The molecule has 5 nitrogen and oxygen atoms in total. The Balaban J connectivity index is 1.63. The lowest BCUT2D eigenvalue weighted by Crippen LogP contribution is -2.68. The minimum atomic E-state index is -1.07. The molecule has 1 saturated heterocycles. The second kappa shape index (κ2) is 8.45. The summed E-state index contributed by atoms with van der Waals surface area (Å²) in [5.41, 5.74) is 0.0115. The fourth-order valence-corrected chi connectivity index (χ4v) is 11.7. The molecular formula is C32H52O5. The van der Waals surface area contributed by atoms with Gasteiger partial charge in [-0.3, -0.25) is 4.79 Å². The number of aliphatic hydroxyl groups excluding tert-OH is 1. The van der Waals surface area contributed by atoms with E-state index < -0.39 is 18.0 Å². The average molecular weight is 517 g/mol. The Labute approximate surface area is 224 Å². The molecule has 4 aliphatic carbocycles. The van der Waals surface area contributed by atoms with Gasteiger partial charge >= 0.3 is 11.9 Å². The van der Waals surface area contributed by atoms with E-state index in [2.05, 4.69) is 41.5 Å². The predicted octanol–water partition coefficient (Wildman–Crippen LogP) is 7.00. The number of esters is 1. The highest BCUT2D eigenvalue weighted by molar-refractivity contribution is 5.75. The second-order valence-electron chi connectivity index (χ2n) is 15.8. The highest BCUT2D eigenvalue weighted by atomic mass is 16.6. The molecule has 10 atom stereocenters. The summed E-state index contributed by atoms with van der Waals surface area (Å²) in [7, 11) is 0. The number of cyclic esters (lactones) is 1. The number of hydrogen-bond donors (Lipinski definition) is 2. The van der Waals surface area contributed by atoms with E-state index >= 15 is 0 Å². The molecule has 37 heavy (non-hydrogen) atoms. The fourth-order valence-electron chi connectivity index (χ4n) is 11.7. The maximum absolute atomic E-state index is 12.7. The highest BCUT2D eigenvalue weighted by Crippen LogP contribution is 2.79. The molecular weight excluding hydrogens is 464 g/mol. The number of ether oxygens (including phenoxy) is 1. The number of carbonyl (C=O) groups is 2. The lowest BCUT2D eigenvalue weighted by atomic mass is 9.29. The zero-order valence-electron chi connectivity index (χ0n) is 24.5. The minimum Gasteiger partial charge on any atom is -0.481 e. The van der Waals surface area contributed by atoms with E-state index in [0.29, 0.717) is 18.3 Å². The Morgan fingerprint density at radius 1 is 0.919 bits per heavy atom. The molecule has 1 aliphatic heterocycles. The molecule has 3 unspecified atom stereocenters. The summed E-state index contributed by atoms with van der Waals surface area (Å²) >= 11 is 0. The molecule has 0 radical (unpaired) electrons. The SMILES string of the molecule is CC[C@]12CCC(C)(C)CC1[C@]1(CC(=O)O)CC[C@@]3(C)C4C[C@H](O)C(=O)O[C@H](C)[C@@]4(C)CCC3[C@@]1(C)CC2. The zero-order valence-corrected chi connectivity index (χ0v) is 24.5. The summed E-state index contributed by atoms with van der Waals surface area (Å²) in [6.07, 6.45) is 10.4. The molecule has 0 aromatic rings. The number of hydrogen-bond acceptors (Lipinski definition) is 4. The number of aliphatic hydroxyl groups is 1. The van der Waals surface area contributed by atoms with Gasteiger partial charge in [0, 0.05) is 5.41 Å². The molecule has 0 aromatic heterocycles. The molecule has 2 N–H and O–H groups in total. The van der Waals surface area contributed by atoms with Gasteiger partial charge in [-0.2, -0.15) is 0 Å². The Hall–Kier alpha value is -1.10. The zero-order chi connectivity index (χ0) is 27.2. The van der Waals surface area contributed by atoms with Crippen LogP contribution < -0.4 is 0 Å². The molecule has 210 valence electrons. The van der Waals surface area contributed by atoms with Crippen LogP contribution in [0.25, 0.3) is 0 Å². The molecule has 5 fully saturated rings. The highest BCUT2D eigenvalue weighted by Gasteiger charge is 2.73. The first-order chi connectivity index (χ1) is 17.1. The number of fused-ring (bicyclic) bond motifs is 7. The molecule has 0 bridgehead atoms. The van der Waals surface area contributed by atoms with Crippen molar-refractivity contribution in [1.29, 1.82) is 0 Å². The standard InChI is InChI=1S/C32H52O5/c1-8-31-14-11-27(3,4)18-24(31)32(19-25(34)35)16-12-29(6)22(30(32,7)13-15-31)9-10-28(5)20(2)37-26(36)21(33)17-23(28)29/h20-24,33H,8-19H2,1-7H3,(H,34,35)/t20-,21+,22?,23?,24?,28-,29-,30-,31-,32-/m1/s1. The van der Waals surface area contributed by atoms with Gasteiger partial charge in [-0.15, -0.1) is 0 Å². The normalized spacial score (nSPS) is 53.0. The van der Waals surface area contributed by atoms with Gasteiger partial charge in [0.15, 0.2) is 6.10 Å². The number of aliphatic carboxylic acids is 1. The molecule has 5 aliphatic rings. The van der Waals surface area contributed by atoms with Crippen molar-refractivity contribution >= 4 is 11.9 Å². The van der Waals surface area contributed by atoms with Gasteiger partial charge in [0.25, 0.3) is 0 Å². The van der Waals surface area contributed by atoms with Crippen LogP contribution in [0.1, 0.15) is 126 Å². The van der Waals surface area contributed by atoms with Crippen molar-refractivity contribution in [2.45, 2.75) is 138 Å². The van der Waals surface area contributed by atoms with Gasteiger partial charge in [-0.05, 0) is 116 Å². The third-order valence-electron chi connectivity index (χ3n) is 14.1. The van der Waals surface area contributed by atoms with E-state index in [1.165, 1.54) is 19.3 Å². The Morgan fingerprint density at radius 3 is 2.24 bits per heavy atom. The van der Waals surface area contributed by atoms with Crippen LogP contribution in [0.3, 0.4) is 0 Å². The molecule has 4 saturated carbocycles. The van der Waals surface area contributed by atoms with E-state index in [4.69, 9.17) is 4.74 Å². The first-order valence-electron chi connectivity index (χ1n) is 15.2. The lowest BCUT2D eigenvalue weighted by Gasteiger charge is -2.75. The monoisotopic (exact) mass is 516 g/mol. The molecule has 5 heteroatoms. The number of carbonyl (C=O) groups excluding carboxylic acids is 1. The third kappa shape index (κ3) is 3.64. The van der Waals surface area contributed by atoms with Crippen molar-refractivity contribution in [3.8, 4) is 0 Å². The average Bonchev–Trinajstić information content (AvgIpc) is 2.90. The van der Waals surface area contributed by atoms with Crippen LogP contribution in [-0.2, 0) is 14.3 Å². The minimum absolute atomic E-state index is 0.0522. The Morgan fingerprint density at radius 2 is 1.59 bits per heavy atom. The van der Waals surface area contributed by atoms with Gasteiger partial charge in [-0.1, -0.05) is 48.0 Å². The van der Waals surface area contributed by atoms with Crippen LogP contribution in [0.5, 0.6) is 0 Å². The summed E-state index contributed by atoms with van der Waals surface area (Å²) < 4.78 is 5.78. The maximum Gasteiger partial charge on any atom is 0.335 e. The van der Waals surface area contributed by atoms with Crippen LogP contribution in [-0.4, -0.2) is 34.4 Å². The largest absolute Gasteiger partial charge is 0.481 e. The third-order valence-corrected chi connectivity index (χ3v) is 14.1. The molecule has 5 rings (SSSR count). The van der Waals surface area contributed by atoms with Crippen LogP contribution in [0.2, 0.25) is 0 Å². The summed E-state index contributed by atoms with van der Waals surface area (Å²) in [6.45, 7) is 16.4. The van der Waals surface area contributed by atoms with Crippen molar-refractivity contribution < 1.29 is 24.5 Å². The van der Waals surface area contributed by atoms with Crippen LogP contribution in [0.15, 0.2) is 0 Å². The maximum atomic E-state index is 12.7. The topological polar surface area (TPSA) is 83.8 Å². The van der Waals surface area contributed by atoms with Crippen molar-refractivity contribution in [1.82, 2.24) is 0 Å². The van der Waals surface area contributed by atoms with Crippen molar-refractivity contribution in [2.24, 2.45) is 50.2 Å². The van der Waals surface area contributed by atoms with E-state index in [-0.39, 0.29) is 50.9 Å². The van der Waals surface area contributed by atoms with Gasteiger partial charge in [0.2, 0.25) is 0 Å². The second-order valence-corrected chi connectivity index (χ2v) is 15.8. The molecule has 0 amide bonds. The molecule has 0 spiro atoms. The van der Waals surface area contributed by atoms with Gasteiger partial charge in [0.1, 0.15) is 6.10 Å². The van der Waals surface area contributed by atoms with Crippen LogP contribution in [0, 0.1) is 50.2 Å². The van der Waals surface area contributed by atoms with Gasteiger partial charge in [0.05, 0.1) is 6.42 Å². The summed E-state index contributed by atoms with van der Waals surface area (Å²) in [4.78, 5) is 25.3. The van der Waals surface area contributed by atoms with Crippen LogP contribution in [0.4, 0.5) is 0 Å². The van der Waals surface area contributed by atoms with Gasteiger partial charge in [-0.25, -0.2) is 4.79 Å². The van der Waals surface area contributed by atoms with Crippen molar-refractivity contribution in [3.63, 3.8) is 0 Å². The Kier molecular flexibility index (Phi) is 6.27. The van der Waals surface area contributed by atoms with E-state index in [9.17, 15) is 19.8 Å². The number of rotatable bonds is 3. The van der Waals surface area contributed by atoms with Gasteiger partial charge < -0.3 is 14.9 Å². The molecule has 1 heterocycles. The first-order valence-corrected chi connectivity index (χ1v) is 15.2. The summed E-state index contributed by atoms with van der Waals surface area (Å²) in [6, 6.07) is 0. The van der Waals surface area contributed by atoms with E-state index in [1.54, 1.807) is 0 Å². The van der Waals surface area contributed by atoms with E-state index in [1.807, 2.05) is 6.92 Å². The summed E-state index contributed by atoms with van der Waals surface area (Å²) in [5, 5.41) is 21.3. The molecule has 0 aromatic carbocycles. The smallest absolute Gasteiger partial charge is 0.335 e. The Bertz CT molecular complexity index is 959. The number of carboxylic acid groups (broad SMARTS) is 1. The fraction of sp³-hybridized carbons (Fsp3) is 0.938. The van der Waals surface area contributed by atoms with Crippen molar-refractivity contribution in [3.05, 3.63) is 0 Å². The van der Waals surface area contributed by atoms with E-state index in [0.717, 1.165) is 44.9 Å². The van der Waals surface area contributed by atoms with Crippen LogP contribution >= 0.6 is 0 Å². The number of carboxylic acids is 1. The quantitative estimate of drug-likeness (QED) is 0.395. The summed E-state index contributed by atoms with van der Waals surface area (Å²) in [5.74, 6) is -0.109.